The molecule has 0 aliphatic carbocycles. The first-order chi connectivity index (χ1) is 9.07. The summed E-state index contributed by atoms with van der Waals surface area (Å²) in [4.78, 5) is 2.25. The van der Waals surface area contributed by atoms with Crippen molar-refractivity contribution in [3.05, 3.63) is 29.8 Å². The minimum absolute atomic E-state index is 0.306. The number of rotatable bonds is 4. The molecule has 4 nitrogen and oxygen atoms in total. The van der Waals surface area contributed by atoms with Crippen LogP contribution in [-0.2, 0) is 16.3 Å². The van der Waals surface area contributed by atoms with Crippen LogP contribution in [0.2, 0.25) is 0 Å². The van der Waals surface area contributed by atoms with E-state index >= 15 is 0 Å². The molecule has 0 radical (unpaired) electrons. The highest BCUT2D eigenvalue weighted by molar-refractivity contribution is 7.91. The number of para-hydroxylation sites is 1. The van der Waals surface area contributed by atoms with Crippen molar-refractivity contribution in [2.45, 2.75) is 19.3 Å². The minimum Gasteiger partial charge on any atom is -0.399 e. The van der Waals surface area contributed by atoms with Gasteiger partial charge in [-0.1, -0.05) is 18.2 Å². The Hall–Kier alpha value is -1.07. The van der Waals surface area contributed by atoms with E-state index in [2.05, 4.69) is 11.0 Å². The molecule has 5 heteroatoms. The molecule has 1 aliphatic heterocycles. The topological polar surface area (TPSA) is 63.4 Å². The Kier molecular flexibility index (Phi) is 4.82. The molecule has 0 bridgehead atoms. The summed E-state index contributed by atoms with van der Waals surface area (Å²) in [6, 6.07) is 7.93. The van der Waals surface area contributed by atoms with Crippen molar-refractivity contribution in [2.75, 3.05) is 36.9 Å². The maximum absolute atomic E-state index is 11.5. The van der Waals surface area contributed by atoms with E-state index in [4.69, 9.17) is 5.73 Å². The maximum atomic E-state index is 11.5. The van der Waals surface area contributed by atoms with E-state index in [-0.39, 0.29) is 0 Å². The number of nitrogen functional groups attached to an aromatic ring is 1. The summed E-state index contributed by atoms with van der Waals surface area (Å²) in [5, 5.41) is 0. The van der Waals surface area contributed by atoms with Gasteiger partial charge in [-0.25, -0.2) is 8.42 Å². The molecule has 1 saturated heterocycles. The molecule has 0 amide bonds. The van der Waals surface area contributed by atoms with E-state index < -0.39 is 9.84 Å². The monoisotopic (exact) mass is 282 g/mol. The molecular formula is C14H22N2O2S. The number of hydrogen-bond acceptors (Lipinski definition) is 4. The molecular weight excluding hydrogens is 260 g/mol. The number of hydrogen-bond donors (Lipinski definition) is 1. The summed E-state index contributed by atoms with van der Waals surface area (Å²) in [6.07, 6.45) is 2.74. The molecule has 2 N–H and O–H groups in total. The standard InChI is InChI=1S/C14H22N2O2S/c15-14-7-2-1-5-13(14)6-3-8-16-9-4-11-19(17,18)12-10-16/h1-2,5,7H,3-4,6,8-12,15H2. The van der Waals surface area contributed by atoms with E-state index in [1.807, 2.05) is 18.2 Å². The van der Waals surface area contributed by atoms with Crippen LogP contribution in [0.25, 0.3) is 0 Å². The van der Waals surface area contributed by atoms with Crippen LogP contribution in [0.3, 0.4) is 0 Å². The van der Waals surface area contributed by atoms with E-state index in [0.717, 1.165) is 38.0 Å². The Balaban J connectivity index is 1.78. The fourth-order valence-electron chi connectivity index (χ4n) is 2.47. The SMILES string of the molecule is Nc1ccccc1CCCN1CCCS(=O)(=O)CC1. The van der Waals surface area contributed by atoms with Crippen molar-refractivity contribution in [3.63, 3.8) is 0 Å². The molecule has 1 fully saturated rings. The smallest absolute Gasteiger partial charge is 0.151 e. The van der Waals surface area contributed by atoms with Crippen molar-refractivity contribution in [1.82, 2.24) is 4.90 Å². The van der Waals surface area contributed by atoms with E-state index in [9.17, 15) is 8.42 Å². The Bertz CT molecular complexity index is 514. The predicted molar refractivity (Wildman–Crippen MR) is 78.9 cm³/mol. The highest BCUT2D eigenvalue weighted by atomic mass is 32.2. The van der Waals surface area contributed by atoms with Gasteiger partial charge in [-0.2, -0.15) is 0 Å². The number of sulfone groups is 1. The zero-order chi connectivity index (χ0) is 13.7. The van der Waals surface area contributed by atoms with Gasteiger partial charge in [-0.05, 0) is 44.0 Å². The van der Waals surface area contributed by atoms with E-state index in [0.29, 0.717) is 18.1 Å². The summed E-state index contributed by atoms with van der Waals surface area (Å²) in [5.41, 5.74) is 7.94. The van der Waals surface area contributed by atoms with Crippen LogP contribution in [0.5, 0.6) is 0 Å². The van der Waals surface area contributed by atoms with Crippen molar-refractivity contribution < 1.29 is 8.42 Å². The molecule has 2 rings (SSSR count). The zero-order valence-electron chi connectivity index (χ0n) is 11.2. The average molecular weight is 282 g/mol. The molecule has 0 aromatic heterocycles. The van der Waals surface area contributed by atoms with Crippen LogP contribution in [0.4, 0.5) is 5.69 Å². The van der Waals surface area contributed by atoms with Gasteiger partial charge in [0.15, 0.2) is 9.84 Å². The largest absolute Gasteiger partial charge is 0.399 e. The molecule has 1 aliphatic rings. The number of nitrogens with two attached hydrogens (primary N) is 1. The van der Waals surface area contributed by atoms with E-state index in [1.165, 1.54) is 5.56 Å². The zero-order valence-corrected chi connectivity index (χ0v) is 12.0. The van der Waals surface area contributed by atoms with Crippen LogP contribution in [0.15, 0.2) is 24.3 Å². The van der Waals surface area contributed by atoms with Gasteiger partial charge in [-0.15, -0.1) is 0 Å². The van der Waals surface area contributed by atoms with Gasteiger partial charge in [0.2, 0.25) is 0 Å². The lowest BCUT2D eigenvalue weighted by molar-refractivity contribution is 0.291. The minimum atomic E-state index is -2.80. The normalized spacial score (nSPS) is 20.0. The van der Waals surface area contributed by atoms with Gasteiger partial charge in [0, 0.05) is 12.2 Å². The molecule has 19 heavy (non-hydrogen) atoms. The lowest BCUT2D eigenvalue weighted by Crippen LogP contribution is -2.28. The first-order valence-electron chi connectivity index (χ1n) is 6.83. The predicted octanol–water partition coefficient (Wildman–Crippen LogP) is 1.32. The van der Waals surface area contributed by atoms with Gasteiger partial charge in [-0.3, -0.25) is 0 Å². The third kappa shape index (κ3) is 4.51. The van der Waals surface area contributed by atoms with E-state index in [1.54, 1.807) is 0 Å². The third-order valence-electron chi connectivity index (χ3n) is 3.62. The second-order valence-electron chi connectivity index (χ2n) is 5.15. The van der Waals surface area contributed by atoms with Gasteiger partial charge in [0.05, 0.1) is 11.5 Å². The average Bonchev–Trinajstić information content (AvgIpc) is 2.53. The maximum Gasteiger partial charge on any atom is 0.151 e. The Morgan fingerprint density at radius 2 is 1.95 bits per heavy atom. The highest BCUT2D eigenvalue weighted by Crippen LogP contribution is 2.13. The van der Waals surface area contributed by atoms with Crippen LogP contribution in [-0.4, -0.2) is 44.5 Å². The van der Waals surface area contributed by atoms with Crippen molar-refractivity contribution in [1.29, 1.82) is 0 Å². The summed E-state index contributed by atoms with van der Waals surface area (Å²) in [7, 11) is -2.80. The number of nitrogens with zero attached hydrogens (tertiary/aromatic N) is 1. The fraction of sp³-hybridized carbons (Fsp3) is 0.571. The van der Waals surface area contributed by atoms with Gasteiger partial charge >= 0.3 is 0 Å². The molecule has 0 atom stereocenters. The number of anilines is 1. The van der Waals surface area contributed by atoms with Crippen LogP contribution >= 0.6 is 0 Å². The van der Waals surface area contributed by atoms with Crippen LogP contribution in [0.1, 0.15) is 18.4 Å². The van der Waals surface area contributed by atoms with Crippen LogP contribution < -0.4 is 5.73 Å². The summed E-state index contributed by atoms with van der Waals surface area (Å²) >= 11 is 0. The van der Waals surface area contributed by atoms with Gasteiger partial charge in [0.1, 0.15) is 0 Å². The quantitative estimate of drug-likeness (QED) is 0.846. The summed E-state index contributed by atoms with van der Waals surface area (Å²) in [6.45, 7) is 2.51. The molecule has 0 spiro atoms. The lowest BCUT2D eigenvalue weighted by Gasteiger charge is -2.19. The third-order valence-corrected chi connectivity index (χ3v) is 5.34. The molecule has 0 unspecified atom stereocenters. The second kappa shape index (κ2) is 6.39. The number of benzene rings is 1. The van der Waals surface area contributed by atoms with Crippen molar-refractivity contribution >= 4 is 15.5 Å². The second-order valence-corrected chi connectivity index (χ2v) is 7.45. The first-order valence-corrected chi connectivity index (χ1v) is 8.65. The Morgan fingerprint density at radius 1 is 1.16 bits per heavy atom. The van der Waals surface area contributed by atoms with Crippen molar-refractivity contribution in [3.8, 4) is 0 Å². The Morgan fingerprint density at radius 3 is 2.74 bits per heavy atom. The van der Waals surface area contributed by atoms with Gasteiger partial charge < -0.3 is 10.6 Å². The van der Waals surface area contributed by atoms with Crippen LogP contribution in [0, 0.1) is 0 Å². The highest BCUT2D eigenvalue weighted by Gasteiger charge is 2.18. The molecule has 0 saturated carbocycles. The Labute approximate surface area is 115 Å². The number of aryl methyl sites for hydroxylation is 1. The lowest BCUT2D eigenvalue weighted by atomic mass is 10.1. The molecule has 1 aromatic rings. The molecule has 106 valence electrons. The first kappa shape index (κ1) is 14.3. The summed E-state index contributed by atoms with van der Waals surface area (Å²) in [5.74, 6) is 0.648. The fourth-order valence-corrected chi connectivity index (χ4v) is 3.78. The van der Waals surface area contributed by atoms with Gasteiger partial charge in [0.25, 0.3) is 0 Å². The molecule has 1 aromatic carbocycles. The summed E-state index contributed by atoms with van der Waals surface area (Å²) < 4.78 is 23.0. The van der Waals surface area contributed by atoms with Crippen molar-refractivity contribution in [2.24, 2.45) is 0 Å². The molecule has 1 heterocycles.